The molecule has 3 rings (SSSR count). The molecule has 0 unspecified atom stereocenters. The van der Waals surface area contributed by atoms with E-state index in [2.05, 4.69) is 12.1 Å². The van der Waals surface area contributed by atoms with Crippen LogP contribution in [0.5, 0.6) is 5.75 Å². The predicted molar refractivity (Wildman–Crippen MR) is 108 cm³/mol. The van der Waals surface area contributed by atoms with Crippen LogP contribution in [0.25, 0.3) is 6.08 Å². The Labute approximate surface area is 160 Å². The lowest BCUT2D eigenvalue weighted by Gasteiger charge is -2.06. The highest BCUT2D eigenvalue weighted by Crippen LogP contribution is 2.22. The van der Waals surface area contributed by atoms with Gasteiger partial charge in [0, 0.05) is 5.56 Å². The molecule has 2 aromatic rings. The molecule has 0 amide bonds. The van der Waals surface area contributed by atoms with Crippen molar-refractivity contribution in [1.82, 2.24) is 0 Å². The molecule has 0 spiro atoms. The minimum Gasteiger partial charge on any atom is -0.494 e. The predicted octanol–water partition coefficient (Wildman–Crippen LogP) is 5.38. The molecule has 0 fully saturated rings. The molecular weight excluding hydrogens is 338 g/mol. The zero-order valence-corrected chi connectivity index (χ0v) is 15.7. The first kappa shape index (κ1) is 18.9. The number of nitrogens with zero attached hydrogens (tertiary/aromatic N) is 1. The van der Waals surface area contributed by atoms with Crippen molar-refractivity contribution < 1.29 is 14.4 Å². The zero-order valence-electron chi connectivity index (χ0n) is 15.7. The lowest BCUT2D eigenvalue weighted by Crippen LogP contribution is -2.06. The van der Waals surface area contributed by atoms with Crippen molar-refractivity contribution >= 4 is 17.8 Å². The minimum atomic E-state index is -0.429. The molecular formula is C23H25NO3. The Kier molecular flexibility index (Phi) is 6.80. The van der Waals surface area contributed by atoms with Crippen LogP contribution in [0.3, 0.4) is 0 Å². The third-order valence-corrected chi connectivity index (χ3v) is 4.45. The van der Waals surface area contributed by atoms with Gasteiger partial charge in [0.05, 0.1) is 12.2 Å². The summed E-state index contributed by atoms with van der Waals surface area (Å²) in [7, 11) is 0. The van der Waals surface area contributed by atoms with Crippen LogP contribution in [0.2, 0.25) is 0 Å². The molecule has 2 aromatic carbocycles. The summed E-state index contributed by atoms with van der Waals surface area (Å²) in [5.74, 6) is 0.417. The SMILES string of the molecule is CCCCCCCOc1ccc(C=C2C(=O)ON=C2c2ccccc2)cc1. The number of hydrogen-bond donors (Lipinski definition) is 0. The molecule has 1 aliphatic rings. The first-order valence-electron chi connectivity index (χ1n) is 9.57. The van der Waals surface area contributed by atoms with Gasteiger partial charge in [-0.1, -0.05) is 80.2 Å². The van der Waals surface area contributed by atoms with Gasteiger partial charge < -0.3 is 9.57 Å². The molecule has 1 aliphatic heterocycles. The number of ether oxygens (including phenoxy) is 1. The van der Waals surface area contributed by atoms with E-state index in [9.17, 15) is 4.79 Å². The van der Waals surface area contributed by atoms with Crippen LogP contribution < -0.4 is 4.74 Å². The summed E-state index contributed by atoms with van der Waals surface area (Å²) in [6, 6.07) is 17.3. The topological polar surface area (TPSA) is 47.9 Å². The number of rotatable bonds is 9. The number of benzene rings is 2. The standard InChI is InChI=1S/C23H25NO3/c1-2-3-4-5-9-16-26-20-14-12-18(13-15-20)17-21-22(24-27-23(21)25)19-10-7-6-8-11-19/h6-8,10-15,17H,2-5,9,16H2,1H3. The van der Waals surface area contributed by atoms with Crippen LogP contribution in [-0.2, 0) is 9.63 Å². The first-order chi connectivity index (χ1) is 13.3. The Hall–Kier alpha value is -2.88. The third-order valence-electron chi connectivity index (χ3n) is 4.45. The maximum absolute atomic E-state index is 12.0. The molecule has 0 radical (unpaired) electrons. The van der Waals surface area contributed by atoms with Gasteiger partial charge in [0.15, 0.2) is 0 Å². The van der Waals surface area contributed by atoms with Crippen LogP contribution in [0.15, 0.2) is 65.3 Å². The number of unbranched alkanes of at least 4 members (excludes halogenated alkanes) is 4. The monoisotopic (exact) mass is 363 g/mol. The summed E-state index contributed by atoms with van der Waals surface area (Å²) in [6.45, 7) is 2.95. The lowest BCUT2D eigenvalue weighted by atomic mass is 10.0. The maximum atomic E-state index is 12.0. The van der Waals surface area contributed by atoms with Gasteiger partial charge in [0.25, 0.3) is 0 Å². The molecule has 0 bridgehead atoms. The van der Waals surface area contributed by atoms with Crippen LogP contribution >= 0.6 is 0 Å². The zero-order chi connectivity index (χ0) is 18.9. The van der Waals surface area contributed by atoms with Crippen molar-refractivity contribution in [3.05, 3.63) is 71.3 Å². The van der Waals surface area contributed by atoms with Crippen molar-refractivity contribution in [2.24, 2.45) is 5.16 Å². The number of carbonyl (C=O) groups is 1. The van der Waals surface area contributed by atoms with Crippen LogP contribution in [-0.4, -0.2) is 18.3 Å². The number of oxime groups is 1. The minimum absolute atomic E-state index is 0.429. The summed E-state index contributed by atoms with van der Waals surface area (Å²) in [6.07, 6.45) is 7.90. The molecule has 0 N–H and O–H groups in total. The number of carbonyl (C=O) groups excluding carboxylic acids is 1. The maximum Gasteiger partial charge on any atom is 0.368 e. The Morgan fingerprint density at radius 2 is 1.70 bits per heavy atom. The Morgan fingerprint density at radius 1 is 0.963 bits per heavy atom. The number of hydrogen-bond acceptors (Lipinski definition) is 4. The molecule has 0 saturated heterocycles. The fourth-order valence-electron chi connectivity index (χ4n) is 2.94. The molecule has 0 saturated carbocycles. The van der Waals surface area contributed by atoms with Gasteiger partial charge >= 0.3 is 5.97 Å². The molecule has 4 nitrogen and oxygen atoms in total. The van der Waals surface area contributed by atoms with Crippen molar-refractivity contribution in [1.29, 1.82) is 0 Å². The highest BCUT2D eigenvalue weighted by Gasteiger charge is 2.26. The highest BCUT2D eigenvalue weighted by atomic mass is 16.7. The van der Waals surface area contributed by atoms with E-state index in [1.54, 1.807) is 6.08 Å². The van der Waals surface area contributed by atoms with Gasteiger partial charge in [0.1, 0.15) is 11.5 Å². The quantitative estimate of drug-likeness (QED) is 0.341. The Bertz CT molecular complexity index is 807. The Balaban J connectivity index is 1.61. The summed E-state index contributed by atoms with van der Waals surface area (Å²) in [4.78, 5) is 16.9. The van der Waals surface area contributed by atoms with Gasteiger partial charge in [0.2, 0.25) is 0 Å². The highest BCUT2D eigenvalue weighted by molar-refractivity contribution is 6.31. The van der Waals surface area contributed by atoms with E-state index >= 15 is 0 Å². The first-order valence-corrected chi connectivity index (χ1v) is 9.57. The van der Waals surface area contributed by atoms with E-state index in [0.29, 0.717) is 11.3 Å². The Morgan fingerprint density at radius 3 is 2.44 bits per heavy atom. The summed E-state index contributed by atoms with van der Waals surface area (Å²) >= 11 is 0. The average Bonchev–Trinajstić information content (AvgIpc) is 3.07. The van der Waals surface area contributed by atoms with Crippen molar-refractivity contribution in [3.8, 4) is 5.75 Å². The van der Waals surface area contributed by atoms with E-state index in [-0.39, 0.29) is 0 Å². The summed E-state index contributed by atoms with van der Waals surface area (Å²) < 4.78 is 5.79. The van der Waals surface area contributed by atoms with Gasteiger partial charge in [-0.15, -0.1) is 0 Å². The largest absolute Gasteiger partial charge is 0.494 e. The molecule has 1 heterocycles. The second-order valence-electron chi connectivity index (χ2n) is 6.57. The van der Waals surface area contributed by atoms with E-state index < -0.39 is 5.97 Å². The second kappa shape index (κ2) is 9.72. The van der Waals surface area contributed by atoms with E-state index in [0.717, 1.165) is 29.9 Å². The summed E-state index contributed by atoms with van der Waals surface area (Å²) in [5, 5.41) is 3.93. The van der Waals surface area contributed by atoms with E-state index in [4.69, 9.17) is 9.57 Å². The molecule has 27 heavy (non-hydrogen) atoms. The van der Waals surface area contributed by atoms with Gasteiger partial charge in [-0.25, -0.2) is 4.79 Å². The third kappa shape index (κ3) is 5.30. The fourth-order valence-corrected chi connectivity index (χ4v) is 2.94. The molecule has 140 valence electrons. The van der Waals surface area contributed by atoms with Crippen molar-refractivity contribution in [2.45, 2.75) is 39.0 Å². The molecule has 0 atom stereocenters. The smallest absolute Gasteiger partial charge is 0.368 e. The average molecular weight is 363 g/mol. The lowest BCUT2D eigenvalue weighted by molar-refractivity contribution is -0.136. The molecule has 0 aliphatic carbocycles. The van der Waals surface area contributed by atoms with E-state index in [1.165, 1.54) is 25.7 Å². The van der Waals surface area contributed by atoms with Gasteiger partial charge in [-0.05, 0) is 30.2 Å². The van der Waals surface area contributed by atoms with Crippen molar-refractivity contribution in [3.63, 3.8) is 0 Å². The molecule has 4 heteroatoms. The van der Waals surface area contributed by atoms with Crippen LogP contribution in [0.4, 0.5) is 0 Å². The summed E-state index contributed by atoms with van der Waals surface area (Å²) in [5.41, 5.74) is 2.79. The van der Waals surface area contributed by atoms with Crippen LogP contribution in [0, 0.1) is 0 Å². The molecule has 0 aromatic heterocycles. The second-order valence-corrected chi connectivity index (χ2v) is 6.57. The van der Waals surface area contributed by atoms with Gasteiger partial charge in [-0.2, -0.15) is 0 Å². The fraction of sp³-hybridized carbons (Fsp3) is 0.304. The van der Waals surface area contributed by atoms with Gasteiger partial charge in [-0.3, -0.25) is 0 Å². The normalized spacial score (nSPS) is 14.9. The van der Waals surface area contributed by atoms with Crippen LogP contribution in [0.1, 0.15) is 50.2 Å². The van der Waals surface area contributed by atoms with Crippen molar-refractivity contribution in [2.75, 3.05) is 6.61 Å². The van der Waals surface area contributed by atoms with E-state index in [1.807, 2.05) is 54.6 Å².